The standard InChI is InChI=1S/C25H24F3N5O/c1-4-15(2)16-7-9-17(10-8-16)30-23-18-11-12-20(31-24(18)33-21(32-23)14-34-3)22-19(25(26,27)28)6-5-13-29-22/h5-13,15H,4,14H2,1-3H3,(H,30,31,32,33). The fraction of sp³-hybridized carbons (Fsp3) is 0.280. The number of pyridine rings is 2. The molecule has 0 aliphatic rings. The molecule has 4 rings (SSSR count). The molecule has 0 saturated heterocycles. The van der Waals surface area contributed by atoms with E-state index in [1.807, 2.05) is 12.1 Å². The Labute approximate surface area is 195 Å². The molecule has 1 unspecified atom stereocenters. The molecule has 3 aromatic heterocycles. The fourth-order valence-electron chi connectivity index (χ4n) is 3.58. The van der Waals surface area contributed by atoms with Crippen molar-refractivity contribution in [2.75, 3.05) is 12.4 Å². The van der Waals surface area contributed by atoms with Gasteiger partial charge >= 0.3 is 6.18 Å². The summed E-state index contributed by atoms with van der Waals surface area (Å²) in [5.74, 6) is 1.30. The summed E-state index contributed by atoms with van der Waals surface area (Å²) in [7, 11) is 1.52. The number of alkyl halides is 3. The van der Waals surface area contributed by atoms with Crippen LogP contribution in [-0.2, 0) is 17.5 Å². The van der Waals surface area contributed by atoms with Crippen molar-refractivity contribution >= 4 is 22.5 Å². The second-order valence-electron chi connectivity index (χ2n) is 7.94. The molecule has 6 nitrogen and oxygen atoms in total. The number of rotatable bonds is 7. The van der Waals surface area contributed by atoms with Crippen molar-refractivity contribution < 1.29 is 17.9 Å². The average Bonchev–Trinajstić information content (AvgIpc) is 2.83. The van der Waals surface area contributed by atoms with Gasteiger partial charge in [0.1, 0.15) is 18.1 Å². The van der Waals surface area contributed by atoms with Crippen molar-refractivity contribution in [1.82, 2.24) is 19.9 Å². The third kappa shape index (κ3) is 4.99. The quantitative estimate of drug-likeness (QED) is 0.334. The first-order valence-corrected chi connectivity index (χ1v) is 10.9. The normalized spacial score (nSPS) is 12.6. The lowest BCUT2D eigenvalue weighted by Gasteiger charge is -2.14. The maximum absolute atomic E-state index is 13.5. The number of ether oxygens (including phenoxy) is 1. The maximum atomic E-state index is 13.5. The van der Waals surface area contributed by atoms with Crippen LogP contribution in [0.25, 0.3) is 22.4 Å². The third-order valence-electron chi connectivity index (χ3n) is 5.59. The number of halogens is 3. The van der Waals surface area contributed by atoms with E-state index in [1.54, 1.807) is 6.07 Å². The summed E-state index contributed by atoms with van der Waals surface area (Å²) in [4.78, 5) is 17.3. The van der Waals surface area contributed by atoms with E-state index in [4.69, 9.17) is 4.74 Å². The van der Waals surface area contributed by atoms with Crippen LogP contribution in [0.4, 0.5) is 24.7 Å². The molecule has 176 valence electrons. The van der Waals surface area contributed by atoms with Crippen LogP contribution in [0.15, 0.2) is 54.7 Å². The number of anilines is 2. The molecule has 34 heavy (non-hydrogen) atoms. The number of hydrogen-bond acceptors (Lipinski definition) is 6. The predicted octanol–water partition coefficient (Wildman–Crippen LogP) is 6.51. The van der Waals surface area contributed by atoms with Gasteiger partial charge in [-0.05, 0) is 54.3 Å². The minimum absolute atomic E-state index is 0.0753. The van der Waals surface area contributed by atoms with Crippen LogP contribution in [0.5, 0.6) is 0 Å². The van der Waals surface area contributed by atoms with Gasteiger partial charge in [-0.15, -0.1) is 0 Å². The monoisotopic (exact) mass is 467 g/mol. The van der Waals surface area contributed by atoms with Crippen molar-refractivity contribution in [3.63, 3.8) is 0 Å². The zero-order valence-corrected chi connectivity index (χ0v) is 19.0. The topological polar surface area (TPSA) is 72.8 Å². The Morgan fingerprint density at radius 2 is 1.76 bits per heavy atom. The van der Waals surface area contributed by atoms with E-state index in [0.717, 1.165) is 18.2 Å². The lowest BCUT2D eigenvalue weighted by molar-refractivity contribution is -0.137. The van der Waals surface area contributed by atoms with E-state index in [0.29, 0.717) is 22.9 Å². The molecule has 0 radical (unpaired) electrons. The average molecular weight is 467 g/mol. The number of methoxy groups -OCH3 is 1. The highest BCUT2D eigenvalue weighted by molar-refractivity contribution is 5.90. The van der Waals surface area contributed by atoms with Crippen LogP contribution in [0.1, 0.15) is 43.1 Å². The third-order valence-corrected chi connectivity index (χ3v) is 5.59. The highest BCUT2D eigenvalue weighted by atomic mass is 19.4. The Bertz CT molecular complexity index is 1290. The Morgan fingerprint density at radius 1 is 1.00 bits per heavy atom. The smallest absolute Gasteiger partial charge is 0.377 e. The second kappa shape index (κ2) is 9.72. The molecule has 0 aliphatic carbocycles. The summed E-state index contributed by atoms with van der Waals surface area (Å²) in [5.41, 5.74) is 1.28. The zero-order valence-electron chi connectivity index (χ0n) is 19.0. The van der Waals surface area contributed by atoms with Crippen LogP contribution in [0, 0.1) is 0 Å². The van der Waals surface area contributed by atoms with Gasteiger partial charge in [0, 0.05) is 19.0 Å². The van der Waals surface area contributed by atoms with Gasteiger partial charge in [0.15, 0.2) is 11.5 Å². The Balaban J connectivity index is 1.77. The molecule has 0 saturated carbocycles. The van der Waals surface area contributed by atoms with Gasteiger partial charge in [-0.1, -0.05) is 26.0 Å². The Kier molecular flexibility index (Phi) is 6.74. The summed E-state index contributed by atoms with van der Waals surface area (Å²) in [6.45, 7) is 4.44. The number of nitrogens with one attached hydrogen (secondary N) is 1. The van der Waals surface area contributed by atoms with Crippen LogP contribution in [0.3, 0.4) is 0 Å². The molecule has 1 aromatic carbocycles. The fourth-order valence-corrected chi connectivity index (χ4v) is 3.58. The van der Waals surface area contributed by atoms with E-state index < -0.39 is 11.7 Å². The first kappa shape index (κ1) is 23.6. The van der Waals surface area contributed by atoms with Gasteiger partial charge in [-0.25, -0.2) is 15.0 Å². The van der Waals surface area contributed by atoms with Gasteiger partial charge < -0.3 is 10.1 Å². The molecular weight excluding hydrogens is 443 g/mol. The molecule has 0 amide bonds. The lowest BCUT2D eigenvalue weighted by Crippen LogP contribution is -2.09. The molecule has 1 atom stereocenters. The zero-order chi connectivity index (χ0) is 24.3. The number of benzene rings is 1. The summed E-state index contributed by atoms with van der Waals surface area (Å²) in [6, 6.07) is 13.4. The molecule has 3 heterocycles. The molecule has 0 bridgehead atoms. The molecule has 4 aromatic rings. The van der Waals surface area contributed by atoms with Gasteiger partial charge in [0.25, 0.3) is 0 Å². The number of aromatic nitrogens is 4. The van der Waals surface area contributed by atoms with E-state index in [-0.39, 0.29) is 23.6 Å². The van der Waals surface area contributed by atoms with Crippen molar-refractivity contribution in [3.05, 3.63) is 71.7 Å². The lowest BCUT2D eigenvalue weighted by atomic mass is 9.99. The van der Waals surface area contributed by atoms with Gasteiger partial charge in [0.05, 0.1) is 16.6 Å². The predicted molar refractivity (Wildman–Crippen MR) is 125 cm³/mol. The van der Waals surface area contributed by atoms with E-state index in [1.165, 1.54) is 31.0 Å². The highest BCUT2D eigenvalue weighted by Crippen LogP contribution is 2.36. The van der Waals surface area contributed by atoms with Crippen molar-refractivity contribution in [1.29, 1.82) is 0 Å². The van der Waals surface area contributed by atoms with Crippen LogP contribution in [0.2, 0.25) is 0 Å². The summed E-state index contributed by atoms with van der Waals surface area (Å²) in [6.07, 6.45) is -2.20. The number of hydrogen-bond donors (Lipinski definition) is 1. The first-order valence-electron chi connectivity index (χ1n) is 10.9. The summed E-state index contributed by atoms with van der Waals surface area (Å²) in [5, 5.41) is 3.85. The molecule has 1 N–H and O–H groups in total. The molecule has 9 heteroatoms. The molecule has 0 spiro atoms. The largest absolute Gasteiger partial charge is 0.418 e. The molecular formula is C25H24F3N5O. The van der Waals surface area contributed by atoms with E-state index in [2.05, 4.69) is 51.2 Å². The Morgan fingerprint density at radius 3 is 2.44 bits per heavy atom. The van der Waals surface area contributed by atoms with E-state index in [9.17, 15) is 13.2 Å². The van der Waals surface area contributed by atoms with E-state index >= 15 is 0 Å². The minimum atomic E-state index is -4.55. The second-order valence-corrected chi connectivity index (χ2v) is 7.94. The van der Waals surface area contributed by atoms with Crippen LogP contribution < -0.4 is 5.32 Å². The van der Waals surface area contributed by atoms with Crippen molar-refractivity contribution in [3.8, 4) is 11.4 Å². The van der Waals surface area contributed by atoms with Crippen molar-refractivity contribution in [2.45, 2.75) is 39.0 Å². The van der Waals surface area contributed by atoms with Crippen LogP contribution >= 0.6 is 0 Å². The summed E-state index contributed by atoms with van der Waals surface area (Å²) >= 11 is 0. The Hall–Kier alpha value is -3.59. The van der Waals surface area contributed by atoms with Crippen LogP contribution in [-0.4, -0.2) is 27.0 Å². The van der Waals surface area contributed by atoms with Gasteiger partial charge in [-0.3, -0.25) is 4.98 Å². The minimum Gasteiger partial charge on any atom is -0.377 e. The van der Waals surface area contributed by atoms with Gasteiger partial charge in [0.2, 0.25) is 0 Å². The van der Waals surface area contributed by atoms with Gasteiger partial charge in [-0.2, -0.15) is 13.2 Å². The molecule has 0 aliphatic heterocycles. The number of fused-ring (bicyclic) bond motifs is 1. The highest BCUT2D eigenvalue weighted by Gasteiger charge is 2.34. The summed E-state index contributed by atoms with van der Waals surface area (Å²) < 4.78 is 45.7. The maximum Gasteiger partial charge on any atom is 0.418 e. The number of nitrogens with zero attached hydrogens (tertiary/aromatic N) is 4. The SMILES string of the molecule is CCC(C)c1ccc(Nc2nc(COC)nc3nc(-c4ncccc4C(F)(F)F)ccc23)cc1. The molecule has 0 fully saturated rings. The first-order chi connectivity index (χ1) is 16.3. The van der Waals surface area contributed by atoms with Crippen molar-refractivity contribution in [2.24, 2.45) is 0 Å².